The van der Waals surface area contributed by atoms with Crippen LogP contribution < -0.4 is 11.1 Å². The summed E-state index contributed by atoms with van der Waals surface area (Å²) in [4.78, 5) is 11.6. The van der Waals surface area contributed by atoms with Crippen LogP contribution in [0.2, 0.25) is 0 Å². The van der Waals surface area contributed by atoms with Gasteiger partial charge in [-0.25, -0.2) is 0 Å². The van der Waals surface area contributed by atoms with Crippen molar-refractivity contribution in [2.75, 3.05) is 20.3 Å². The molecular weight excluding hydrogens is 232 g/mol. The third-order valence-electron chi connectivity index (χ3n) is 2.68. The van der Waals surface area contributed by atoms with E-state index in [9.17, 15) is 4.79 Å². The fourth-order valence-corrected chi connectivity index (χ4v) is 1.72. The summed E-state index contributed by atoms with van der Waals surface area (Å²) in [5, 5.41) is 2.85. The van der Waals surface area contributed by atoms with Crippen molar-refractivity contribution in [3.8, 4) is 0 Å². The predicted molar refractivity (Wildman–Crippen MR) is 63.7 cm³/mol. The fourth-order valence-electron chi connectivity index (χ4n) is 1.72. The Morgan fingerprint density at radius 2 is 2.38 bits per heavy atom. The van der Waals surface area contributed by atoms with Crippen LogP contribution in [0.4, 0.5) is 0 Å². The van der Waals surface area contributed by atoms with Crippen molar-refractivity contribution in [3.63, 3.8) is 0 Å². The number of rotatable bonds is 5. The molecule has 1 amide bonds. The second-order valence-corrected chi connectivity index (χ2v) is 3.81. The molecule has 0 saturated carbocycles. The van der Waals surface area contributed by atoms with Crippen molar-refractivity contribution in [2.24, 2.45) is 5.73 Å². The van der Waals surface area contributed by atoms with Crippen LogP contribution in [0.5, 0.6) is 0 Å². The van der Waals surface area contributed by atoms with Gasteiger partial charge in [-0.3, -0.25) is 4.79 Å². The molecule has 1 saturated heterocycles. The number of nitrogens with one attached hydrogen (secondary N) is 1. The Labute approximate surface area is 102 Å². The molecule has 0 radical (unpaired) electrons. The average Bonchev–Trinajstić information content (AvgIpc) is 2.72. The lowest BCUT2D eigenvalue weighted by Gasteiger charge is -2.22. The molecule has 1 fully saturated rings. The molecule has 1 rings (SSSR count). The zero-order valence-corrected chi connectivity index (χ0v) is 10.6. The molecular formula is C10H21ClN2O3. The topological polar surface area (TPSA) is 73.6 Å². The predicted octanol–water partition coefficient (Wildman–Crippen LogP) is 0.0656. The number of carbonyl (C=O) groups excluding carboxylic acids is 1. The summed E-state index contributed by atoms with van der Waals surface area (Å²) < 4.78 is 10.4. The molecule has 3 N–H and O–H groups in total. The lowest BCUT2D eigenvalue weighted by Crippen LogP contribution is -2.48. The Hall–Kier alpha value is -0.360. The van der Waals surface area contributed by atoms with Crippen molar-refractivity contribution >= 4 is 18.3 Å². The smallest absolute Gasteiger partial charge is 0.250 e. The molecule has 0 spiro atoms. The average molecular weight is 253 g/mol. The van der Waals surface area contributed by atoms with Gasteiger partial charge in [0.15, 0.2) is 0 Å². The number of methoxy groups -OCH3 is 1. The van der Waals surface area contributed by atoms with E-state index in [2.05, 4.69) is 5.32 Å². The monoisotopic (exact) mass is 252 g/mol. The molecule has 1 aliphatic rings. The van der Waals surface area contributed by atoms with Crippen molar-refractivity contribution in [1.82, 2.24) is 5.32 Å². The minimum absolute atomic E-state index is 0. The first-order chi connectivity index (χ1) is 7.19. The lowest BCUT2D eigenvalue weighted by atomic mass is 10.1. The Bertz CT molecular complexity index is 206. The summed E-state index contributed by atoms with van der Waals surface area (Å²) in [6.45, 7) is 2.92. The summed E-state index contributed by atoms with van der Waals surface area (Å²) in [5.41, 5.74) is 5.40. The van der Waals surface area contributed by atoms with Crippen LogP contribution in [0, 0.1) is 0 Å². The number of nitrogens with two attached hydrogens (primary N) is 1. The first kappa shape index (κ1) is 15.6. The molecule has 16 heavy (non-hydrogen) atoms. The summed E-state index contributed by atoms with van der Waals surface area (Å²) in [6, 6.07) is 0.0178. The zero-order valence-electron chi connectivity index (χ0n) is 9.77. The van der Waals surface area contributed by atoms with Crippen LogP contribution in [0.15, 0.2) is 0 Å². The van der Waals surface area contributed by atoms with Gasteiger partial charge in [-0.15, -0.1) is 12.4 Å². The second-order valence-electron chi connectivity index (χ2n) is 3.81. The molecule has 0 bridgehead atoms. The molecule has 96 valence electrons. The van der Waals surface area contributed by atoms with Crippen molar-refractivity contribution in [3.05, 3.63) is 0 Å². The van der Waals surface area contributed by atoms with E-state index < -0.39 is 6.10 Å². The van der Waals surface area contributed by atoms with Gasteiger partial charge in [-0.05, 0) is 19.8 Å². The number of amides is 1. The van der Waals surface area contributed by atoms with Gasteiger partial charge < -0.3 is 20.5 Å². The van der Waals surface area contributed by atoms with E-state index in [0.717, 1.165) is 19.4 Å². The van der Waals surface area contributed by atoms with Gasteiger partial charge in [-0.2, -0.15) is 0 Å². The summed E-state index contributed by atoms with van der Waals surface area (Å²) in [7, 11) is 1.48. The van der Waals surface area contributed by atoms with E-state index >= 15 is 0 Å². The molecule has 1 heterocycles. The number of ether oxygens (including phenoxy) is 2. The molecule has 0 aliphatic carbocycles. The van der Waals surface area contributed by atoms with E-state index in [-0.39, 0.29) is 37.0 Å². The van der Waals surface area contributed by atoms with E-state index in [4.69, 9.17) is 15.2 Å². The number of carbonyl (C=O) groups is 1. The highest BCUT2D eigenvalue weighted by Gasteiger charge is 2.25. The Kier molecular flexibility index (Phi) is 7.66. The van der Waals surface area contributed by atoms with Gasteiger partial charge in [0.25, 0.3) is 5.91 Å². The number of hydrogen-bond donors (Lipinski definition) is 2. The first-order valence-electron chi connectivity index (χ1n) is 5.34. The standard InChI is InChI=1S/C10H20N2O3.ClH/c1-7(8-4-3-5-15-8)12-10(13)9(6-11)14-2;/h7-9H,3-6,11H2,1-2H3,(H,12,13);1H. The van der Waals surface area contributed by atoms with E-state index in [1.54, 1.807) is 0 Å². The maximum atomic E-state index is 11.6. The van der Waals surface area contributed by atoms with Crippen molar-refractivity contribution in [1.29, 1.82) is 0 Å². The van der Waals surface area contributed by atoms with Gasteiger partial charge in [0.05, 0.1) is 12.1 Å². The van der Waals surface area contributed by atoms with E-state index in [0.29, 0.717) is 0 Å². The number of halogens is 1. The molecule has 5 nitrogen and oxygen atoms in total. The Morgan fingerprint density at radius 3 is 2.81 bits per heavy atom. The third kappa shape index (κ3) is 4.25. The minimum Gasteiger partial charge on any atom is -0.376 e. The molecule has 3 unspecified atom stereocenters. The molecule has 0 aromatic rings. The van der Waals surface area contributed by atoms with Crippen molar-refractivity contribution < 1.29 is 14.3 Å². The van der Waals surface area contributed by atoms with Crippen LogP contribution >= 0.6 is 12.4 Å². The molecule has 1 aliphatic heterocycles. The molecule has 0 aromatic carbocycles. The second kappa shape index (κ2) is 7.84. The van der Waals surface area contributed by atoms with Crippen LogP contribution in [-0.4, -0.2) is 44.4 Å². The quantitative estimate of drug-likeness (QED) is 0.726. The highest BCUT2D eigenvalue weighted by atomic mass is 35.5. The lowest BCUT2D eigenvalue weighted by molar-refractivity contribution is -0.132. The molecule has 3 atom stereocenters. The van der Waals surface area contributed by atoms with E-state index in [1.807, 2.05) is 6.92 Å². The maximum absolute atomic E-state index is 11.6. The van der Waals surface area contributed by atoms with Crippen LogP contribution in [0.25, 0.3) is 0 Å². The van der Waals surface area contributed by atoms with Gasteiger partial charge in [0.1, 0.15) is 6.10 Å². The first-order valence-corrected chi connectivity index (χ1v) is 5.34. The third-order valence-corrected chi connectivity index (χ3v) is 2.68. The van der Waals surface area contributed by atoms with Gasteiger partial charge >= 0.3 is 0 Å². The zero-order chi connectivity index (χ0) is 11.3. The SMILES string of the molecule is COC(CN)C(=O)NC(C)C1CCCO1.Cl. The summed E-state index contributed by atoms with van der Waals surface area (Å²) in [6.07, 6.45) is 1.63. The maximum Gasteiger partial charge on any atom is 0.250 e. The Morgan fingerprint density at radius 1 is 1.69 bits per heavy atom. The van der Waals surface area contributed by atoms with Crippen molar-refractivity contribution in [2.45, 2.75) is 38.0 Å². The van der Waals surface area contributed by atoms with Gasteiger partial charge in [0, 0.05) is 20.3 Å². The van der Waals surface area contributed by atoms with Crippen LogP contribution in [0.3, 0.4) is 0 Å². The fraction of sp³-hybridized carbons (Fsp3) is 0.900. The normalized spacial score (nSPS) is 23.3. The highest BCUT2D eigenvalue weighted by molar-refractivity contribution is 5.85. The summed E-state index contributed by atoms with van der Waals surface area (Å²) >= 11 is 0. The largest absolute Gasteiger partial charge is 0.376 e. The van der Waals surface area contributed by atoms with E-state index in [1.165, 1.54) is 7.11 Å². The number of hydrogen-bond acceptors (Lipinski definition) is 4. The van der Waals surface area contributed by atoms with Crippen LogP contribution in [-0.2, 0) is 14.3 Å². The molecule has 0 aromatic heterocycles. The van der Waals surface area contributed by atoms with Gasteiger partial charge in [0.2, 0.25) is 0 Å². The Balaban J connectivity index is 0.00000225. The van der Waals surface area contributed by atoms with Gasteiger partial charge in [-0.1, -0.05) is 0 Å². The minimum atomic E-state index is -0.561. The highest BCUT2D eigenvalue weighted by Crippen LogP contribution is 2.15. The summed E-state index contributed by atoms with van der Waals surface area (Å²) in [5.74, 6) is -0.164. The molecule has 6 heteroatoms. The van der Waals surface area contributed by atoms with Crippen LogP contribution in [0.1, 0.15) is 19.8 Å².